The summed E-state index contributed by atoms with van der Waals surface area (Å²) in [5.74, 6) is -3.11. The molecule has 0 atom stereocenters. The lowest BCUT2D eigenvalue weighted by Gasteiger charge is -2.09. The lowest BCUT2D eigenvalue weighted by atomic mass is 10.2. The van der Waals surface area contributed by atoms with E-state index in [1.807, 2.05) is 0 Å². The second-order valence-electron chi connectivity index (χ2n) is 4.23. The first-order chi connectivity index (χ1) is 10.6. The third kappa shape index (κ3) is 4.27. The number of hydrogen-bond donors (Lipinski definition) is 2. The molecule has 2 aromatic rings. The first-order valence-electron chi connectivity index (χ1n) is 6.28. The first-order valence-corrected chi connectivity index (χ1v) is 6.28. The van der Waals surface area contributed by atoms with Gasteiger partial charge in [0.2, 0.25) is 0 Å². The summed E-state index contributed by atoms with van der Waals surface area (Å²) >= 11 is 0. The zero-order chi connectivity index (χ0) is 15.9. The molecule has 7 heteroatoms. The molecule has 0 unspecified atom stereocenters. The van der Waals surface area contributed by atoms with Gasteiger partial charge in [0.15, 0.2) is 18.2 Å². The summed E-state index contributed by atoms with van der Waals surface area (Å²) < 4.78 is 30.9. The number of hydrazine groups is 1. The summed E-state index contributed by atoms with van der Waals surface area (Å²) in [6.45, 7) is -0.530. The number of rotatable bonds is 4. The number of halogens is 2. The van der Waals surface area contributed by atoms with E-state index in [-0.39, 0.29) is 5.75 Å². The van der Waals surface area contributed by atoms with Gasteiger partial charge in [-0.2, -0.15) is 0 Å². The molecule has 0 bridgehead atoms. The Bertz CT molecular complexity index is 678. The van der Waals surface area contributed by atoms with Crippen molar-refractivity contribution < 1.29 is 23.1 Å². The van der Waals surface area contributed by atoms with Gasteiger partial charge in [-0.25, -0.2) is 8.78 Å². The van der Waals surface area contributed by atoms with E-state index in [9.17, 15) is 18.4 Å². The highest BCUT2D eigenvalue weighted by molar-refractivity contribution is 5.95. The fourth-order valence-electron chi connectivity index (χ4n) is 1.56. The molecule has 0 aliphatic rings. The van der Waals surface area contributed by atoms with Gasteiger partial charge in [-0.1, -0.05) is 18.2 Å². The van der Waals surface area contributed by atoms with Crippen molar-refractivity contribution in [1.29, 1.82) is 0 Å². The van der Waals surface area contributed by atoms with E-state index in [4.69, 9.17) is 4.74 Å². The highest BCUT2D eigenvalue weighted by atomic mass is 19.1. The Labute approximate surface area is 124 Å². The van der Waals surface area contributed by atoms with Gasteiger partial charge in [0, 0.05) is 11.6 Å². The predicted molar refractivity (Wildman–Crippen MR) is 73.9 cm³/mol. The zero-order valence-electron chi connectivity index (χ0n) is 11.3. The van der Waals surface area contributed by atoms with E-state index in [1.54, 1.807) is 30.3 Å². The van der Waals surface area contributed by atoms with E-state index in [2.05, 4.69) is 10.9 Å². The van der Waals surface area contributed by atoms with Crippen molar-refractivity contribution in [2.24, 2.45) is 0 Å². The van der Waals surface area contributed by atoms with Crippen LogP contribution in [0.25, 0.3) is 0 Å². The number of hydrogen-bond acceptors (Lipinski definition) is 3. The van der Waals surface area contributed by atoms with Crippen LogP contribution in [0.1, 0.15) is 10.4 Å². The van der Waals surface area contributed by atoms with E-state index in [1.165, 1.54) is 0 Å². The maximum atomic E-state index is 13.3. The number of nitrogens with one attached hydrogen (secondary N) is 2. The predicted octanol–water partition coefficient (Wildman–Crippen LogP) is 1.80. The van der Waals surface area contributed by atoms with Gasteiger partial charge in [0.25, 0.3) is 11.8 Å². The molecule has 0 heterocycles. The molecule has 0 saturated carbocycles. The number of benzene rings is 2. The van der Waals surface area contributed by atoms with Crippen LogP contribution in [0.3, 0.4) is 0 Å². The van der Waals surface area contributed by atoms with Crippen molar-refractivity contribution in [1.82, 2.24) is 10.9 Å². The van der Waals surface area contributed by atoms with Crippen molar-refractivity contribution in [2.45, 2.75) is 0 Å². The average molecular weight is 306 g/mol. The molecule has 0 aliphatic heterocycles. The highest BCUT2D eigenvalue weighted by Gasteiger charge is 2.09. The summed E-state index contributed by atoms with van der Waals surface area (Å²) in [6, 6.07) is 11.0. The third-order valence-electron chi connectivity index (χ3n) is 2.60. The van der Waals surface area contributed by atoms with Gasteiger partial charge in [-0.3, -0.25) is 20.4 Å². The molecule has 5 nitrogen and oxygen atoms in total. The van der Waals surface area contributed by atoms with Crippen LogP contribution < -0.4 is 15.6 Å². The van der Waals surface area contributed by atoms with Crippen LogP contribution in [-0.4, -0.2) is 18.4 Å². The summed E-state index contributed by atoms with van der Waals surface area (Å²) in [4.78, 5) is 23.1. The number of amides is 2. The van der Waals surface area contributed by atoms with Crippen LogP contribution in [0, 0.1) is 11.6 Å². The lowest BCUT2D eigenvalue weighted by Crippen LogP contribution is -2.43. The Kier molecular flexibility index (Phi) is 5.02. The van der Waals surface area contributed by atoms with Gasteiger partial charge >= 0.3 is 0 Å². The standard InChI is InChI=1S/C15H12F2N2O3/c16-11-6-7-13(12(17)8-11)22-9-14(20)18-19-15(21)10-4-2-1-3-5-10/h1-8H,9H2,(H,18,20)(H,19,21). The zero-order valence-corrected chi connectivity index (χ0v) is 11.3. The Morgan fingerprint density at radius 2 is 1.73 bits per heavy atom. The minimum atomic E-state index is -0.916. The van der Waals surface area contributed by atoms with Gasteiger partial charge in [0.1, 0.15) is 5.82 Å². The third-order valence-corrected chi connectivity index (χ3v) is 2.60. The topological polar surface area (TPSA) is 67.4 Å². The molecule has 0 aliphatic carbocycles. The molecule has 0 fully saturated rings. The van der Waals surface area contributed by atoms with E-state index >= 15 is 0 Å². The maximum Gasteiger partial charge on any atom is 0.276 e. The second kappa shape index (κ2) is 7.16. The van der Waals surface area contributed by atoms with E-state index in [0.29, 0.717) is 11.6 Å². The molecule has 0 spiro atoms. The molecule has 2 aromatic carbocycles. The lowest BCUT2D eigenvalue weighted by molar-refractivity contribution is -0.123. The molecule has 2 rings (SSSR count). The molecular formula is C15H12F2N2O3. The number of carbonyl (C=O) groups is 2. The Balaban J connectivity index is 1.80. The van der Waals surface area contributed by atoms with Crippen molar-refractivity contribution >= 4 is 11.8 Å². The molecule has 0 radical (unpaired) electrons. The summed E-state index contributed by atoms with van der Waals surface area (Å²) in [5, 5.41) is 0. The fraction of sp³-hybridized carbons (Fsp3) is 0.0667. The molecule has 0 saturated heterocycles. The Morgan fingerprint density at radius 3 is 2.41 bits per heavy atom. The highest BCUT2D eigenvalue weighted by Crippen LogP contribution is 2.17. The smallest absolute Gasteiger partial charge is 0.276 e. The van der Waals surface area contributed by atoms with Crippen LogP contribution in [0.5, 0.6) is 5.75 Å². The maximum absolute atomic E-state index is 13.3. The molecular weight excluding hydrogens is 294 g/mol. The summed E-state index contributed by atoms with van der Waals surface area (Å²) in [5.41, 5.74) is 4.68. The van der Waals surface area contributed by atoms with Gasteiger partial charge < -0.3 is 4.74 Å². The van der Waals surface area contributed by atoms with Gasteiger partial charge in [-0.15, -0.1) is 0 Å². The number of carbonyl (C=O) groups excluding carboxylic acids is 2. The SMILES string of the molecule is O=C(COc1ccc(F)cc1F)NNC(=O)c1ccccc1. The monoisotopic (exact) mass is 306 g/mol. The van der Waals surface area contributed by atoms with Crippen molar-refractivity contribution in [3.05, 3.63) is 65.7 Å². The van der Waals surface area contributed by atoms with Crippen molar-refractivity contribution in [2.75, 3.05) is 6.61 Å². The van der Waals surface area contributed by atoms with Crippen LogP contribution >= 0.6 is 0 Å². The quantitative estimate of drug-likeness (QED) is 0.847. The molecule has 22 heavy (non-hydrogen) atoms. The van der Waals surface area contributed by atoms with Crippen LogP contribution in [0.2, 0.25) is 0 Å². The van der Waals surface area contributed by atoms with Gasteiger partial charge in [0.05, 0.1) is 0 Å². The van der Waals surface area contributed by atoms with Gasteiger partial charge in [-0.05, 0) is 24.3 Å². The molecule has 2 amide bonds. The molecule has 0 aromatic heterocycles. The van der Waals surface area contributed by atoms with E-state index < -0.39 is 30.1 Å². The van der Waals surface area contributed by atoms with Crippen molar-refractivity contribution in [3.8, 4) is 5.75 Å². The Hall–Kier alpha value is -2.96. The molecule has 114 valence electrons. The first kappa shape index (κ1) is 15.4. The molecule has 2 N–H and O–H groups in total. The van der Waals surface area contributed by atoms with Crippen LogP contribution in [0.15, 0.2) is 48.5 Å². The summed E-state index contributed by atoms with van der Waals surface area (Å²) in [7, 11) is 0. The fourth-order valence-corrected chi connectivity index (χ4v) is 1.56. The Morgan fingerprint density at radius 1 is 1.00 bits per heavy atom. The normalized spacial score (nSPS) is 9.91. The number of ether oxygens (including phenoxy) is 1. The van der Waals surface area contributed by atoms with Crippen molar-refractivity contribution in [3.63, 3.8) is 0 Å². The van der Waals surface area contributed by atoms with E-state index in [0.717, 1.165) is 12.1 Å². The summed E-state index contributed by atoms with van der Waals surface area (Å²) in [6.07, 6.45) is 0. The minimum Gasteiger partial charge on any atom is -0.481 e. The minimum absolute atomic E-state index is 0.258. The largest absolute Gasteiger partial charge is 0.481 e. The van der Waals surface area contributed by atoms with Crippen LogP contribution in [0.4, 0.5) is 8.78 Å². The average Bonchev–Trinajstić information content (AvgIpc) is 2.52. The van der Waals surface area contributed by atoms with Crippen LogP contribution in [-0.2, 0) is 4.79 Å². The second-order valence-corrected chi connectivity index (χ2v) is 4.23.